The highest BCUT2D eigenvalue weighted by atomic mass is 16.5. The Kier molecular flexibility index (Phi) is 9.50. The highest BCUT2D eigenvalue weighted by Gasteiger charge is 2.09. The standard InChI is InChI=1S/C30H33N3O2/c1-5-32(6-2)28-18-10-24(11-19-28)8-9-25-12-20-29(21-13-25)33(7-3)22-23-35-30(34)26-14-16-27(31-4)17-15-26/h8-21H,5-7,22-23H2,1-3H3. The molecule has 5 heteroatoms. The van der Waals surface area contributed by atoms with Gasteiger partial charge in [0.15, 0.2) is 5.69 Å². The van der Waals surface area contributed by atoms with Gasteiger partial charge in [0, 0.05) is 31.0 Å². The Morgan fingerprint density at radius 2 is 1.26 bits per heavy atom. The summed E-state index contributed by atoms with van der Waals surface area (Å²) in [4.78, 5) is 20.1. The summed E-state index contributed by atoms with van der Waals surface area (Å²) in [5, 5.41) is 0. The molecule has 3 aromatic carbocycles. The van der Waals surface area contributed by atoms with Crippen LogP contribution in [0.4, 0.5) is 17.1 Å². The van der Waals surface area contributed by atoms with E-state index in [4.69, 9.17) is 11.3 Å². The summed E-state index contributed by atoms with van der Waals surface area (Å²) < 4.78 is 5.43. The van der Waals surface area contributed by atoms with Gasteiger partial charge >= 0.3 is 5.97 Å². The fourth-order valence-corrected chi connectivity index (χ4v) is 3.85. The summed E-state index contributed by atoms with van der Waals surface area (Å²) in [6.07, 6.45) is 4.25. The van der Waals surface area contributed by atoms with Crippen LogP contribution in [-0.4, -0.2) is 38.8 Å². The van der Waals surface area contributed by atoms with Gasteiger partial charge in [0.2, 0.25) is 0 Å². The Morgan fingerprint density at radius 3 is 1.71 bits per heavy atom. The van der Waals surface area contributed by atoms with Crippen LogP contribution < -0.4 is 9.80 Å². The van der Waals surface area contributed by atoms with Crippen molar-refractivity contribution in [3.05, 3.63) is 101 Å². The SMILES string of the molecule is [C-]#[N+]c1ccc(C(=O)OCCN(CC)c2ccc(C=Cc3ccc(N(CC)CC)cc3)cc2)cc1. The van der Waals surface area contributed by atoms with E-state index in [9.17, 15) is 4.79 Å². The van der Waals surface area contributed by atoms with Crippen molar-refractivity contribution >= 4 is 35.2 Å². The van der Waals surface area contributed by atoms with Crippen LogP contribution in [0.2, 0.25) is 0 Å². The predicted octanol–water partition coefficient (Wildman–Crippen LogP) is 6.94. The number of esters is 1. The minimum Gasteiger partial charge on any atom is -0.460 e. The molecule has 35 heavy (non-hydrogen) atoms. The van der Waals surface area contributed by atoms with Gasteiger partial charge in [-0.2, -0.15) is 0 Å². The van der Waals surface area contributed by atoms with Gasteiger partial charge in [-0.1, -0.05) is 60.7 Å². The molecule has 0 amide bonds. The van der Waals surface area contributed by atoms with Gasteiger partial charge in [-0.25, -0.2) is 9.64 Å². The molecule has 0 radical (unpaired) electrons. The first-order valence-electron chi connectivity index (χ1n) is 12.1. The number of benzene rings is 3. The quantitative estimate of drug-likeness (QED) is 0.174. The number of hydrogen-bond acceptors (Lipinski definition) is 4. The van der Waals surface area contributed by atoms with Gasteiger partial charge in [0.1, 0.15) is 6.61 Å². The third-order valence-corrected chi connectivity index (χ3v) is 5.96. The maximum absolute atomic E-state index is 12.2. The molecule has 0 N–H and O–H groups in total. The van der Waals surface area contributed by atoms with E-state index in [0.717, 1.165) is 30.9 Å². The molecule has 0 saturated carbocycles. The maximum Gasteiger partial charge on any atom is 0.338 e. The van der Waals surface area contributed by atoms with Gasteiger partial charge in [-0.15, -0.1) is 0 Å². The minimum absolute atomic E-state index is 0.294. The lowest BCUT2D eigenvalue weighted by Gasteiger charge is -2.23. The van der Waals surface area contributed by atoms with E-state index in [1.807, 2.05) is 0 Å². The number of carbonyl (C=O) groups is 1. The van der Waals surface area contributed by atoms with Crippen molar-refractivity contribution in [2.75, 3.05) is 42.6 Å². The van der Waals surface area contributed by atoms with Crippen LogP contribution >= 0.6 is 0 Å². The summed E-state index contributed by atoms with van der Waals surface area (Å²) in [6.45, 7) is 17.1. The average molecular weight is 468 g/mol. The molecule has 3 rings (SSSR count). The number of carbonyl (C=O) groups excluding carboxylic acids is 1. The van der Waals surface area contributed by atoms with Crippen LogP contribution in [0.25, 0.3) is 17.0 Å². The maximum atomic E-state index is 12.2. The molecule has 0 atom stereocenters. The Hall–Kier alpha value is -4.04. The second-order valence-electron chi connectivity index (χ2n) is 8.06. The van der Waals surface area contributed by atoms with Crippen molar-refractivity contribution in [3.63, 3.8) is 0 Å². The van der Waals surface area contributed by atoms with E-state index in [-0.39, 0.29) is 5.97 Å². The van der Waals surface area contributed by atoms with Crippen LogP contribution in [0.3, 0.4) is 0 Å². The van der Waals surface area contributed by atoms with Gasteiger partial charge in [0.05, 0.1) is 18.7 Å². The molecule has 0 unspecified atom stereocenters. The number of anilines is 2. The molecule has 5 nitrogen and oxygen atoms in total. The topological polar surface area (TPSA) is 37.1 Å². The van der Waals surface area contributed by atoms with E-state index in [1.54, 1.807) is 24.3 Å². The predicted molar refractivity (Wildman–Crippen MR) is 146 cm³/mol. The fraction of sp³-hybridized carbons (Fsp3) is 0.267. The second-order valence-corrected chi connectivity index (χ2v) is 8.06. The molecule has 3 aromatic rings. The van der Waals surface area contributed by atoms with Crippen molar-refractivity contribution in [1.82, 2.24) is 0 Å². The monoisotopic (exact) mass is 467 g/mol. The van der Waals surface area contributed by atoms with Gasteiger partial charge < -0.3 is 14.5 Å². The molecule has 0 spiro atoms. The first-order valence-corrected chi connectivity index (χ1v) is 12.1. The zero-order valence-electron chi connectivity index (χ0n) is 20.8. The summed E-state index contributed by atoms with van der Waals surface area (Å²) in [5.74, 6) is -0.372. The Morgan fingerprint density at radius 1 is 0.771 bits per heavy atom. The molecule has 0 bridgehead atoms. The largest absolute Gasteiger partial charge is 0.460 e. The molecule has 180 valence electrons. The van der Waals surface area contributed by atoms with Gasteiger partial charge in [-0.05, 0) is 56.2 Å². The van der Waals surface area contributed by atoms with E-state index >= 15 is 0 Å². The molecule has 0 aliphatic heterocycles. The lowest BCUT2D eigenvalue weighted by atomic mass is 10.1. The van der Waals surface area contributed by atoms with Crippen molar-refractivity contribution < 1.29 is 9.53 Å². The highest BCUT2D eigenvalue weighted by Crippen LogP contribution is 2.19. The summed E-state index contributed by atoms with van der Waals surface area (Å²) in [6, 6.07) is 23.5. The number of nitrogens with zero attached hydrogens (tertiary/aromatic N) is 3. The third kappa shape index (κ3) is 7.22. The Bertz CT molecular complexity index is 1140. The van der Waals surface area contributed by atoms with Gasteiger partial charge in [0.25, 0.3) is 0 Å². The number of likely N-dealkylation sites (N-methyl/N-ethyl adjacent to an activating group) is 1. The molecule has 0 aromatic heterocycles. The van der Waals surface area contributed by atoms with Crippen molar-refractivity contribution in [1.29, 1.82) is 0 Å². The first-order chi connectivity index (χ1) is 17.1. The summed E-state index contributed by atoms with van der Waals surface area (Å²) >= 11 is 0. The molecule has 0 fully saturated rings. The lowest BCUT2D eigenvalue weighted by molar-refractivity contribution is 0.0515. The zero-order chi connectivity index (χ0) is 25.0. The van der Waals surface area contributed by atoms with Crippen molar-refractivity contribution in [2.24, 2.45) is 0 Å². The van der Waals surface area contributed by atoms with Crippen LogP contribution in [0.1, 0.15) is 42.3 Å². The van der Waals surface area contributed by atoms with E-state index < -0.39 is 0 Å². The van der Waals surface area contributed by atoms with Crippen LogP contribution in [0.15, 0.2) is 72.8 Å². The molecular weight excluding hydrogens is 434 g/mol. The fourth-order valence-electron chi connectivity index (χ4n) is 3.85. The molecule has 0 heterocycles. The average Bonchev–Trinajstić information content (AvgIpc) is 2.91. The highest BCUT2D eigenvalue weighted by molar-refractivity contribution is 5.89. The first kappa shape index (κ1) is 25.6. The summed E-state index contributed by atoms with van der Waals surface area (Å²) in [5.41, 5.74) is 5.60. The third-order valence-electron chi connectivity index (χ3n) is 5.96. The number of rotatable bonds is 11. The smallest absolute Gasteiger partial charge is 0.338 e. The zero-order valence-corrected chi connectivity index (χ0v) is 20.8. The molecule has 0 aliphatic carbocycles. The van der Waals surface area contributed by atoms with Gasteiger partial charge in [-0.3, -0.25) is 0 Å². The number of ether oxygens (including phenoxy) is 1. The van der Waals surface area contributed by atoms with E-state index in [1.165, 1.54) is 11.3 Å². The van der Waals surface area contributed by atoms with E-state index in [2.05, 4.69) is 96.1 Å². The molecular formula is C30H33N3O2. The Balaban J connectivity index is 1.53. The second kappa shape index (κ2) is 13.0. The summed E-state index contributed by atoms with van der Waals surface area (Å²) in [7, 11) is 0. The lowest BCUT2D eigenvalue weighted by Crippen LogP contribution is -2.28. The van der Waals surface area contributed by atoms with Crippen molar-refractivity contribution in [3.8, 4) is 0 Å². The number of hydrogen-bond donors (Lipinski definition) is 0. The van der Waals surface area contributed by atoms with Crippen molar-refractivity contribution in [2.45, 2.75) is 20.8 Å². The normalized spacial score (nSPS) is 10.7. The molecule has 0 saturated heterocycles. The minimum atomic E-state index is -0.372. The van der Waals surface area contributed by atoms with Crippen LogP contribution in [-0.2, 0) is 4.74 Å². The van der Waals surface area contributed by atoms with Crippen LogP contribution in [0.5, 0.6) is 0 Å². The van der Waals surface area contributed by atoms with Crippen LogP contribution in [0, 0.1) is 6.57 Å². The van der Waals surface area contributed by atoms with E-state index in [0.29, 0.717) is 24.4 Å². The Labute approximate surface area is 209 Å². The molecule has 0 aliphatic rings.